The van der Waals surface area contributed by atoms with Crippen LogP contribution in [-0.2, 0) is 25.6 Å². The number of rotatable bonds is 15. The molecular weight excluding hydrogens is 492 g/mol. The maximum Gasteiger partial charge on any atom is 0.326 e. The number of hydrogen-bond acceptors (Lipinski definition) is 6. The van der Waals surface area contributed by atoms with Crippen LogP contribution in [0.2, 0.25) is 0 Å². The summed E-state index contributed by atoms with van der Waals surface area (Å²) >= 11 is 0. The Morgan fingerprint density at radius 3 is 2.47 bits per heavy atom. The summed E-state index contributed by atoms with van der Waals surface area (Å²) in [6.45, 7) is 3.52. The Labute approximate surface area is 221 Å². The summed E-state index contributed by atoms with van der Waals surface area (Å²) in [6, 6.07) is 4.45. The Kier molecular flexibility index (Phi) is 11.5. The molecule has 0 aliphatic heterocycles. The third-order valence-corrected chi connectivity index (χ3v) is 6.25. The topological polar surface area (TPSA) is 231 Å². The van der Waals surface area contributed by atoms with Gasteiger partial charge >= 0.3 is 5.97 Å². The third-order valence-electron chi connectivity index (χ3n) is 6.25. The largest absolute Gasteiger partial charge is 0.480 e. The van der Waals surface area contributed by atoms with Gasteiger partial charge in [-0.05, 0) is 30.4 Å². The highest BCUT2D eigenvalue weighted by atomic mass is 16.4. The highest BCUT2D eigenvalue weighted by Gasteiger charge is 2.28. The second-order valence-corrected chi connectivity index (χ2v) is 9.17. The lowest BCUT2D eigenvalue weighted by Gasteiger charge is -2.25. The van der Waals surface area contributed by atoms with E-state index in [1.54, 1.807) is 13.1 Å². The Balaban J connectivity index is 1.93. The lowest BCUT2D eigenvalue weighted by Crippen LogP contribution is -2.55. The number of aromatic amines is 1. The van der Waals surface area contributed by atoms with Crippen molar-refractivity contribution in [3.63, 3.8) is 0 Å². The van der Waals surface area contributed by atoms with Crippen molar-refractivity contribution in [2.24, 2.45) is 28.1 Å². The van der Waals surface area contributed by atoms with E-state index in [-0.39, 0.29) is 18.3 Å². The molecule has 2 aromatic rings. The van der Waals surface area contributed by atoms with E-state index in [9.17, 15) is 24.3 Å². The zero-order valence-corrected chi connectivity index (χ0v) is 21.7. The van der Waals surface area contributed by atoms with Gasteiger partial charge in [-0.1, -0.05) is 38.5 Å². The number of nitrogens with zero attached hydrogens (tertiary/aromatic N) is 1. The van der Waals surface area contributed by atoms with Crippen molar-refractivity contribution in [3.05, 3.63) is 36.0 Å². The van der Waals surface area contributed by atoms with Crippen molar-refractivity contribution >= 4 is 40.6 Å². The van der Waals surface area contributed by atoms with Crippen molar-refractivity contribution in [2.75, 3.05) is 13.1 Å². The first-order chi connectivity index (χ1) is 18.0. The Morgan fingerprint density at radius 1 is 1.11 bits per heavy atom. The van der Waals surface area contributed by atoms with Gasteiger partial charge in [0.25, 0.3) is 0 Å². The molecule has 1 aromatic carbocycles. The summed E-state index contributed by atoms with van der Waals surface area (Å²) in [4.78, 5) is 56.6. The highest BCUT2D eigenvalue weighted by molar-refractivity contribution is 5.93. The van der Waals surface area contributed by atoms with Gasteiger partial charge in [0.05, 0.1) is 12.6 Å². The van der Waals surface area contributed by atoms with Crippen molar-refractivity contribution in [1.82, 2.24) is 20.9 Å². The number of hydrogen-bond donors (Lipinski definition) is 8. The molecule has 1 heterocycles. The molecule has 1 aromatic heterocycles. The molecule has 13 nitrogen and oxygen atoms in total. The van der Waals surface area contributed by atoms with Crippen molar-refractivity contribution in [1.29, 1.82) is 0 Å². The number of aliphatic imine (C=N–C) groups is 1. The Bertz CT molecular complexity index is 1140. The van der Waals surface area contributed by atoms with E-state index in [1.165, 1.54) is 0 Å². The van der Waals surface area contributed by atoms with E-state index in [0.717, 1.165) is 16.5 Å². The number of aliphatic carboxylic acids is 1. The van der Waals surface area contributed by atoms with E-state index >= 15 is 0 Å². The Hall–Kier alpha value is -4.13. The number of para-hydroxylation sites is 1. The fourth-order valence-corrected chi connectivity index (χ4v) is 3.86. The normalized spacial score (nSPS) is 14.1. The predicted octanol–water partition coefficient (Wildman–Crippen LogP) is -0.692. The van der Waals surface area contributed by atoms with E-state index in [0.29, 0.717) is 25.8 Å². The fraction of sp³-hybridized carbons (Fsp3) is 0.480. The molecule has 208 valence electrons. The second kappa shape index (κ2) is 14.6. The lowest BCUT2D eigenvalue weighted by atomic mass is 9.97. The Morgan fingerprint density at radius 2 is 1.82 bits per heavy atom. The number of aromatic nitrogens is 1. The van der Waals surface area contributed by atoms with Gasteiger partial charge in [-0.2, -0.15) is 0 Å². The van der Waals surface area contributed by atoms with Gasteiger partial charge in [0.2, 0.25) is 17.7 Å². The van der Waals surface area contributed by atoms with Gasteiger partial charge in [0.1, 0.15) is 12.1 Å². The van der Waals surface area contributed by atoms with Crippen LogP contribution >= 0.6 is 0 Å². The van der Waals surface area contributed by atoms with Crippen LogP contribution in [0.1, 0.15) is 38.7 Å². The number of benzene rings is 1. The summed E-state index contributed by atoms with van der Waals surface area (Å²) in [5, 5.41) is 18.1. The van der Waals surface area contributed by atoms with Crippen molar-refractivity contribution in [3.8, 4) is 0 Å². The van der Waals surface area contributed by atoms with Crippen molar-refractivity contribution in [2.45, 2.75) is 57.7 Å². The first kappa shape index (κ1) is 30.1. The zero-order chi connectivity index (χ0) is 28.2. The van der Waals surface area contributed by atoms with Crippen LogP contribution in [0.3, 0.4) is 0 Å². The second-order valence-electron chi connectivity index (χ2n) is 9.17. The number of amides is 3. The standard InChI is InChI=1S/C25H38N8O5/c1-3-14(2)21(33-22(35)17(26)8-6-10-29-25(27)28)23(36)31-13-20(34)32-19(24(37)38)11-15-12-30-18-9-5-4-7-16(15)18/h4-5,7,9,12,14,17,19,21,30H,3,6,8,10-11,13,26H2,1-2H3,(H,31,36)(H,32,34)(H,33,35)(H,37,38)(H4,27,28,29). The summed E-state index contributed by atoms with van der Waals surface area (Å²) in [7, 11) is 0. The number of H-pyrrole nitrogens is 1. The van der Waals surface area contributed by atoms with Gasteiger partial charge in [0.15, 0.2) is 5.96 Å². The highest BCUT2D eigenvalue weighted by Crippen LogP contribution is 2.19. The van der Waals surface area contributed by atoms with Crippen LogP contribution in [0, 0.1) is 5.92 Å². The number of carbonyl (C=O) groups excluding carboxylic acids is 3. The van der Waals surface area contributed by atoms with Crippen molar-refractivity contribution < 1.29 is 24.3 Å². The molecule has 2 rings (SSSR count). The number of carboxylic acid groups (broad SMARTS) is 1. The maximum absolute atomic E-state index is 12.9. The van der Waals surface area contributed by atoms with E-state index < -0.39 is 48.4 Å². The predicted molar refractivity (Wildman–Crippen MR) is 144 cm³/mol. The summed E-state index contributed by atoms with van der Waals surface area (Å²) in [5.74, 6) is -3.24. The van der Waals surface area contributed by atoms with E-state index in [2.05, 4.69) is 25.9 Å². The van der Waals surface area contributed by atoms with E-state index in [4.69, 9.17) is 17.2 Å². The summed E-state index contributed by atoms with van der Waals surface area (Å²) in [5.41, 5.74) is 18.1. The molecule has 0 saturated carbocycles. The molecule has 4 atom stereocenters. The molecule has 0 saturated heterocycles. The maximum atomic E-state index is 12.9. The molecule has 0 radical (unpaired) electrons. The molecule has 11 N–H and O–H groups in total. The van der Waals surface area contributed by atoms with Gasteiger partial charge in [-0.3, -0.25) is 19.4 Å². The molecule has 0 spiro atoms. The number of nitrogens with one attached hydrogen (secondary N) is 4. The minimum Gasteiger partial charge on any atom is -0.480 e. The molecule has 4 unspecified atom stereocenters. The number of carbonyl (C=O) groups is 4. The summed E-state index contributed by atoms with van der Waals surface area (Å²) in [6.07, 6.45) is 3.14. The van der Waals surface area contributed by atoms with Crippen LogP contribution in [0.5, 0.6) is 0 Å². The smallest absolute Gasteiger partial charge is 0.326 e. The van der Waals surface area contributed by atoms with Crippen LogP contribution in [-0.4, -0.2) is 71.0 Å². The zero-order valence-electron chi connectivity index (χ0n) is 21.7. The average Bonchev–Trinajstić information content (AvgIpc) is 3.29. The number of fused-ring (bicyclic) bond motifs is 1. The first-order valence-corrected chi connectivity index (χ1v) is 12.5. The molecule has 13 heteroatoms. The number of guanidine groups is 1. The molecule has 0 aliphatic carbocycles. The van der Waals surface area contributed by atoms with Gasteiger partial charge in [0, 0.05) is 30.1 Å². The molecule has 0 fully saturated rings. The third kappa shape index (κ3) is 9.07. The van der Waals surface area contributed by atoms with Crippen LogP contribution in [0.4, 0.5) is 0 Å². The van der Waals surface area contributed by atoms with Crippen LogP contribution in [0.25, 0.3) is 10.9 Å². The van der Waals surface area contributed by atoms with Gasteiger partial charge in [-0.15, -0.1) is 0 Å². The number of nitrogens with two attached hydrogens (primary N) is 3. The SMILES string of the molecule is CCC(C)C(NC(=O)C(N)CCCN=C(N)N)C(=O)NCC(=O)NC(Cc1c[nH]c2ccccc12)C(=O)O. The number of carboxylic acids is 1. The monoisotopic (exact) mass is 530 g/mol. The minimum atomic E-state index is -1.20. The van der Waals surface area contributed by atoms with Crippen LogP contribution < -0.4 is 33.2 Å². The molecule has 38 heavy (non-hydrogen) atoms. The lowest BCUT2D eigenvalue weighted by molar-refractivity contribution is -0.141. The molecule has 0 aliphatic rings. The van der Waals surface area contributed by atoms with Gasteiger partial charge < -0.3 is 43.2 Å². The summed E-state index contributed by atoms with van der Waals surface area (Å²) < 4.78 is 0. The van der Waals surface area contributed by atoms with E-state index in [1.807, 2.05) is 31.2 Å². The molecule has 0 bridgehead atoms. The van der Waals surface area contributed by atoms with Crippen LogP contribution in [0.15, 0.2) is 35.5 Å². The fourth-order valence-electron chi connectivity index (χ4n) is 3.86. The first-order valence-electron chi connectivity index (χ1n) is 12.5. The minimum absolute atomic E-state index is 0.0480. The molecule has 3 amide bonds. The van der Waals surface area contributed by atoms with Gasteiger partial charge in [-0.25, -0.2) is 4.79 Å². The average molecular weight is 531 g/mol. The quantitative estimate of drug-likeness (QED) is 0.0832. The molecular formula is C25H38N8O5.